The van der Waals surface area contributed by atoms with Crippen LogP contribution in [-0.4, -0.2) is 35.9 Å². The normalized spacial score (nSPS) is 42.8. The van der Waals surface area contributed by atoms with Crippen LogP contribution >= 0.6 is 0 Å². The highest BCUT2D eigenvalue weighted by Crippen LogP contribution is 2.72. The number of allylic oxidation sites excluding steroid dienone is 1. The molecule has 9 atom stereocenters. The van der Waals surface area contributed by atoms with Gasteiger partial charge >= 0.3 is 11.9 Å². The molecule has 206 valence electrons. The van der Waals surface area contributed by atoms with Crippen LogP contribution in [0.1, 0.15) is 106 Å². The Kier molecular flexibility index (Phi) is 6.74. The molecule has 0 N–H and O–H groups in total. The van der Waals surface area contributed by atoms with E-state index >= 15 is 0 Å². The van der Waals surface area contributed by atoms with Gasteiger partial charge in [-0.15, -0.1) is 0 Å². The predicted octanol–water partition coefficient (Wildman–Crippen LogP) is 6.94. The maximum atomic E-state index is 12.4. The first kappa shape index (κ1) is 27.0. The Morgan fingerprint density at radius 3 is 2.41 bits per heavy atom. The quantitative estimate of drug-likeness (QED) is 0.210. The summed E-state index contributed by atoms with van der Waals surface area (Å²) in [7, 11) is 0. The molecule has 2 unspecified atom stereocenters. The Bertz CT molecular complexity index is 1010. The summed E-state index contributed by atoms with van der Waals surface area (Å²) >= 11 is 0. The Labute approximate surface area is 223 Å². The van der Waals surface area contributed by atoms with Crippen molar-refractivity contribution in [1.82, 2.24) is 0 Å². The zero-order chi connectivity index (χ0) is 26.9. The molecule has 2 saturated carbocycles. The summed E-state index contributed by atoms with van der Waals surface area (Å²) < 4.78 is 18.4. The average Bonchev–Trinajstić information content (AvgIpc) is 3.43. The van der Waals surface area contributed by atoms with Crippen LogP contribution in [0.5, 0.6) is 0 Å². The molecule has 1 heterocycles. The molecule has 37 heavy (non-hydrogen) atoms. The highest BCUT2D eigenvalue weighted by atomic mass is 16.7. The van der Waals surface area contributed by atoms with Gasteiger partial charge in [0.05, 0.1) is 0 Å². The van der Waals surface area contributed by atoms with E-state index in [9.17, 15) is 9.59 Å². The van der Waals surface area contributed by atoms with Gasteiger partial charge in [-0.05, 0) is 86.0 Å². The Morgan fingerprint density at radius 1 is 1.05 bits per heavy atom. The van der Waals surface area contributed by atoms with E-state index in [1.165, 1.54) is 56.3 Å². The van der Waals surface area contributed by atoms with E-state index in [0.29, 0.717) is 30.1 Å². The van der Waals surface area contributed by atoms with Crippen LogP contribution in [0.2, 0.25) is 0 Å². The molecule has 0 bridgehead atoms. The zero-order valence-electron chi connectivity index (χ0n) is 24.2. The van der Waals surface area contributed by atoms with E-state index in [4.69, 9.17) is 14.2 Å². The number of hydrogen-bond acceptors (Lipinski definition) is 5. The van der Waals surface area contributed by atoms with Gasteiger partial charge in [-0.3, -0.25) is 9.59 Å². The van der Waals surface area contributed by atoms with E-state index in [1.807, 2.05) is 0 Å². The molecule has 5 aliphatic rings. The molecule has 0 aromatic heterocycles. The van der Waals surface area contributed by atoms with Crippen molar-refractivity contribution in [2.75, 3.05) is 0 Å². The fraction of sp³-hybridized carbons (Fsp3) is 0.812. The number of fused-ring (bicyclic) bond motifs is 3. The number of carbonyl (C=O) groups excluding carboxylic acids is 2. The van der Waals surface area contributed by atoms with E-state index in [0.717, 1.165) is 25.7 Å². The lowest BCUT2D eigenvalue weighted by atomic mass is 9.49. The molecule has 0 aromatic carbocycles. The number of carbonyl (C=O) groups is 2. The van der Waals surface area contributed by atoms with Gasteiger partial charge in [0.1, 0.15) is 17.8 Å². The third-order valence-electron chi connectivity index (χ3n) is 11.5. The second-order valence-electron chi connectivity index (χ2n) is 13.8. The fourth-order valence-electron chi connectivity index (χ4n) is 9.33. The van der Waals surface area contributed by atoms with Gasteiger partial charge in [0.15, 0.2) is 6.10 Å². The highest BCUT2D eigenvalue weighted by molar-refractivity contribution is 5.67. The lowest BCUT2D eigenvalue weighted by Gasteiger charge is -2.54. The standard InChI is InChI=1S/C32H48O5/c1-18(2)19(3)9-10-20(4)24-11-12-25-27-26(14-15-30(24,25)7)31(8)16-13-23(35-21(5)33)17-32(31)29(37-32)28(27)36-22(6)34/h18,20,23-25,28-29H,3,9-17H2,1-2,4-8H3/t20?,23-,24+,25?,28-,29-,30+,31+,32-/m0/s1. The Balaban J connectivity index is 1.46. The Hall–Kier alpha value is -1.62. The lowest BCUT2D eigenvalue weighted by molar-refractivity contribution is -0.151. The predicted molar refractivity (Wildman–Crippen MR) is 144 cm³/mol. The Morgan fingerprint density at radius 2 is 1.76 bits per heavy atom. The zero-order valence-corrected chi connectivity index (χ0v) is 24.2. The summed E-state index contributed by atoms with van der Waals surface area (Å²) in [6.07, 6.45) is 8.90. The number of hydrogen-bond donors (Lipinski definition) is 0. The first-order valence-corrected chi connectivity index (χ1v) is 14.8. The van der Waals surface area contributed by atoms with Crippen molar-refractivity contribution in [3.8, 4) is 0 Å². The molecule has 5 rings (SSSR count). The summed E-state index contributed by atoms with van der Waals surface area (Å²) in [6.45, 7) is 19.2. The minimum atomic E-state index is -0.388. The van der Waals surface area contributed by atoms with Gasteiger partial charge in [-0.1, -0.05) is 52.3 Å². The molecule has 0 radical (unpaired) electrons. The highest BCUT2D eigenvalue weighted by Gasteiger charge is 2.77. The first-order chi connectivity index (χ1) is 17.3. The van der Waals surface area contributed by atoms with Crippen LogP contribution < -0.4 is 0 Å². The van der Waals surface area contributed by atoms with Crippen molar-refractivity contribution in [3.05, 3.63) is 23.3 Å². The largest absolute Gasteiger partial charge is 0.462 e. The summed E-state index contributed by atoms with van der Waals surface area (Å²) in [6, 6.07) is 0. The van der Waals surface area contributed by atoms with Crippen LogP contribution in [-0.2, 0) is 23.8 Å². The number of ether oxygens (including phenoxy) is 3. The van der Waals surface area contributed by atoms with Gasteiger partial charge in [-0.2, -0.15) is 0 Å². The van der Waals surface area contributed by atoms with E-state index in [-0.39, 0.29) is 46.7 Å². The molecular formula is C32H48O5. The van der Waals surface area contributed by atoms with Gasteiger partial charge in [0, 0.05) is 25.7 Å². The number of rotatable bonds is 7. The van der Waals surface area contributed by atoms with Gasteiger partial charge < -0.3 is 14.2 Å². The number of epoxide rings is 1. The molecule has 3 fully saturated rings. The SMILES string of the molecule is C=C(CCC(C)[C@H]1CCC2C3=C(CC[C@@]21C)[C@@]1(C)CC[C@H](OC(C)=O)C[C@@]12O[C@H]2[C@H]3OC(C)=O)C(C)C. The van der Waals surface area contributed by atoms with Gasteiger partial charge in [0.2, 0.25) is 0 Å². The van der Waals surface area contributed by atoms with E-state index in [1.54, 1.807) is 0 Å². The van der Waals surface area contributed by atoms with Gasteiger partial charge in [-0.25, -0.2) is 0 Å². The molecular weight excluding hydrogens is 464 g/mol. The lowest BCUT2D eigenvalue weighted by Crippen LogP contribution is -2.56. The summed E-state index contributed by atoms with van der Waals surface area (Å²) in [5.74, 6) is 1.83. The van der Waals surface area contributed by atoms with Crippen molar-refractivity contribution < 1.29 is 23.8 Å². The monoisotopic (exact) mass is 512 g/mol. The van der Waals surface area contributed by atoms with E-state index < -0.39 is 0 Å². The molecule has 0 aromatic rings. The van der Waals surface area contributed by atoms with Gasteiger partial charge in [0.25, 0.3) is 0 Å². The van der Waals surface area contributed by atoms with Crippen LogP contribution in [0.25, 0.3) is 0 Å². The molecule has 0 amide bonds. The second kappa shape index (κ2) is 9.24. The topological polar surface area (TPSA) is 65.1 Å². The minimum absolute atomic E-state index is 0.0830. The van der Waals surface area contributed by atoms with E-state index in [2.05, 4.69) is 41.2 Å². The number of esters is 2. The second-order valence-corrected chi connectivity index (χ2v) is 13.8. The molecule has 5 nitrogen and oxygen atoms in total. The summed E-state index contributed by atoms with van der Waals surface area (Å²) in [5.41, 5.74) is 4.01. The first-order valence-electron chi connectivity index (χ1n) is 14.8. The molecule has 1 spiro atoms. The third-order valence-corrected chi connectivity index (χ3v) is 11.5. The van der Waals surface area contributed by atoms with Crippen molar-refractivity contribution in [3.63, 3.8) is 0 Å². The van der Waals surface area contributed by atoms with Crippen molar-refractivity contribution in [1.29, 1.82) is 0 Å². The van der Waals surface area contributed by atoms with Crippen molar-refractivity contribution in [2.45, 2.75) is 130 Å². The van der Waals surface area contributed by atoms with Crippen LogP contribution in [0.15, 0.2) is 23.3 Å². The van der Waals surface area contributed by atoms with Crippen molar-refractivity contribution >= 4 is 11.9 Å². The smallest absolute Gasteiger partial charge is 0.303 e. The molecule has 5 heteroatoms. The summed E-state index contributed by atoms with van der Waals surface area (Å²) in [4.78, 5) is 24.1. The minimum Gasteiger partial charge on any atom is -0.462 e. The average molecular weight is 513 g/mol. The van der Waals surface area contributed by atoms with Crippen LogP contribution in [0, 0.1) is 34.5 Å². The molecule has 4 aliphatic carbocycles. The maximum absolute atomic E-state index is 12.4. The van der Waals surface area contributed by atoms with Crippen LogP contribution in [0.3, 0.4) is 0 Å². The maximum Gasteiger partial charge on any atom is 0.303 e. The third kappa shape index (κ3) is 4.13. The fourth-order valence-corrected chi connectivity index (χ4v) is 9.33. The molecule has 1 saturated heterocycles. The molecule has 1 aliphatic heterocycles. The summed E-state index contributed by atoms with van der Waals surface area (Å²) in [5, 5.41) is 0. The van der Waals surface area contributed by atoms with Crippen molar-refractivity contribution in [2.24, 2.45) is 34.5 Å². The van der Waals surface area contributed by atoms with Crippen LogP contribution in [0.4, 0.5) is 0 Å².